The van der Waals surface area contributed by atoms with Crippen LogP contribution in [0, 0.1) is 0 Å². The van der Waals surface area contributed by atoms with Crippen LogP contribution in [0.25, 0.3) is 0 Å². The van der Waals surface area contributed by atoms with Gasteiger partial charge in [-0.15, -0.1) is 0 Å². The molecule has 0 unspecified atom stereocenters. The quantitative estimate of drug-likeness (QED) is 0.428. The second-order valence-electron chi connectivity index (χ2n) is 5.17. The summed E-state index contributed by atoms with van der Waals surface area (Å²) in [7, 11) is -3.75. The topological polar surface area (TPSA) is 127 Å². The fraction of sp³-hybridized carbons (Fsp3) is 0.462. The van der Waals surface area contributed by atoms with Gasteiger partial charge in [-0.1, -0.05) is 0 Å². The van der Waals surface area contributed by atoms with E-state index in [0.717, 1.165) is 12.8 Å². The van der Waals surface area contributed by atoms with Crippen molar-refractivity contribution in [1.29, 1.82) is 0 Å². The van der Waals surface area contributed by atoms with Crippen molar-refractivity contribution in [3.05, 3.63) is 18.2 Å². The predicted octanol–water partition coefficient (Wildman–Crippen LogP) is 0.387. The summed E-state index contributed by atoms with van der Waals surface area (Å²) in [4.78, 5) is 11.5. The van der Waals surface area contributed by atoms with E-state index in [1.807, 2.05) is 0 Å². The van der Waals surface area contributed by atoms with Gasteiger partial charge < -0.3 is 16.4 Å². The highest BCUT2D eigenvalue weighted by atomic mass is 32.2. The van der Waals surface area contributed by atoms with Crippen molar-refractivity contribution in [3.63, 3.8) is 0 Å². The molecule has 21 heavy (non-hydrogen) atoms. The van der Waals surface area contributed by atoms with Crippen LogP contribution in [0.4, 0.5) is 11.4 Å². The number of nitrogens with two attached hydrogens (primary N) is 2. The number of primary sulfonamides is 1. The molecule has 7 nitrogen and oxygen atoms in total. The molecular weight excluding hydrogens is 292 g/mol. The third kappa shape index (κ3) is 4.91. The Kier molecular flexibility index (Phi) is 4.69. The molecule has 8 heteroatoms. The van der Waals surface area contributed by atoms with E-state index in [1.54, 1.807) is 0 Å². The van der Waals surface area contributed by atoms with E-state index in [2.05, 4.69) is 10.6 Å². The molecule has 0 aliphatic heterocycles. The van der Waals surface area contributed by atoms with Crippen LogP contribution in [0.3, 0.4) is 0 Å². The molecule has 1 fully saturated rings. The van der Waals surface area contributed by atoms with Gasteiger partial charge >= 0.3 is 0 Å². The van der Waals surface area contributed by atoms with E-state index in [4.69, 9.17) is 10.9 Å². The zero-order valence-corrected chi connectivity index (χ0v) is 12.4. The monoisotopic (exact) mass is 312 g/mol. The van der Waals surface area contributed by atoms with Crippen molar-refractivity contribution in [3.8, 4) is 0 Å². The molecule has 1 amide bonds. The van der Waals surface area contributed by atoms with Crippen LogP contribution in [0.5, 0.6) is 0 Å². The maximum Gasteiger partial charge on any atom is 0.238 e. The molecule has 0 saturated heterocycles. The number of benzene rings is 1. The number of hydrogen-bond acceptors (Lipinski definition) is 5. The van der Waals surface area contributed by atoms with Gasteiger partial charge in [-0.3, -0.25) is 4.79 Å². The number of carbonyl (C=O) groups excluding carboxylic acids is 1. The number of hydrogen-bond donors (Lipinski definition) is 4. The Morgan fingerprint density at radius 3 is 2.67 bits per heavy atom. The average Bonchev–Trinajstić information content (AvgIpc) is 3.19. The molecule has 0 spiro atoms. The first-order chi connectivity index (χ1) is 9.86. The van der Waals surface area contributed by atoms with Crippen molar-refractivity contribution < 1.29 is 13.2 Å². The minimum atomic E-state index is -3.75. The van der Waals surface area contributed by atoms with Gasteiger partial charge in [0.1, 0.15) is 0 Å². The lowest BCUT2D eigenvalue weighted by Crippen LogP contribution is -2.25. The van der Waals surface area contributed by atoms with Crippen molar-refractivity contribution in [1.82, 2.24) is 5.32 Å². The SMILES string of the molecule is Nc1ccc(S(N)(=O)=O)cc1NCCCC(=O)NC1CC1. The summed E-state index contributed by atoms with van der Waals surface area (Å²) in [6, 6.07) is 4.61. The molecular formula is C13H20N4O3S. The van der Waals surface area contributed by atoms with E-state index in [-0.39, 0.29) is 10.8 Å². The molecule has 6 N–H and O–H groups in total. The second kappa shape index (κ2) is 6.31. The van der Waals surface area contributed by atoms with Crippen LogP contribution < -0.4 is 21.5 Å². The predicted molar refractivity (Wildman–Crippen MR) is 81.1 cm³/mol. The van der Waals surface area contributed by atoms with Gasteiger partial charge in [0.05, 0.1) is 16.3 Å². The third-order valence-electron chi connectivity index (χ3n) is 3.19. The van der Waals surface area contributed by atoms with Crippen LogP contribution in [0.2, 0.25) is 0 Å². The Morgan fingerprint density at radius 2 is 2.05 bits per heavy atom. The molecule has 0 heterocycles. The van der Waals surface area contributed by atoms with Crippen LogP contribution in [0.1, 0.15) is 25.7 Å². The highest BCUT2D eigenvalue weighted by Crippen LogP contribution is 2.22. The summed E-state index contributed by atoms with van der Waals surface area (Å²) >= 11 is 0. The van der Waals surface area contributed by atoms with Gasteiger partial charge in [-0.05, 0) is 37.5 Å². The van der Waals surface area contributed by atoms with Gasteiger partial charge in [0, 0.05) is 19.0 Å². The average molecular weight is 312 g/mol. The number of rotatable bonds is 7. The lowest BCUT2D eigenvalue weighted by molar-refractivity contribution is -0.121. The van der Waals surface area contributed by atoms with Crippen molar-refractivity contribution >= 4 is 27.3 Å². The third-order valence-corrected chi connectivity index (χ3v) is 4.10. The normalized spacial score (nSPS) is 14.7. The van der Waals surface area contributed by atoms with Gasteiger partial charge in [0.25, 0.3) is 0 Å². The summed E-state index contributed by atoms with van der Waals surface area (Å²) in [6.07, 6.45) is 3.21. The minimum absolute atomic E-state index is 0.00526. The summed E-state index contributed by atoms with van der Waals surface area (Å²) in [5, 5.41) is 11.0. The molecule has 0 radical (unpaired) electrons. The highest BCUT2D eigenvalue weighted by molar-refractivity contribution is 7.89. The standard InChI is InChI=1S/C13H20N4O3S/c14-11-6-5-10(21(15,19)20)8-12(11)16-7-1-2-13(18)17-9-3-4-9/h5-6,8-9,16H,1-4,7,14H2,(H,17,18)(H2,15,19,20). The number of nitrogens with one attached hydrogen (secondary N) is 2. The Bertz CT molecular complexity index is 626. The van der Waals surface area contributed by atoms with Gasteiger partial charge in [0.2, 0.25) is 15.9 Å². The summed E-state index contributed by atoms with van der Waals surface area (Å²) < 4.78 is 22.6. The number of carbonyl (C=O) groups is 1. The zero-order valence-electron chi connectivity index (χ0n) is 11.6. The van der Waals surface area contributed by atoms with Gasteiger partial charge in [-0.2, -0.15) is 0 Å². The maximum atomic E-state index is 11.5. The number of anilines is 2. The fourth-order valence-corrected chi connectivity index (χ4v) is 2.40. The maximum absolute atomic E-state index is 11.5. The lowest BCUT2D eigenvalue weighted by atomic mass is 10.2. The van der Waals surface area contributed by atoms with E-state index >= 15 is 0 Å². The van der Waals surface area contributed by atoms with Crippen LogP contribution >= 0.6 is 0 Å². The highest BCUT2D eigenvalue weighted by Gasteiger charge is 2.22. The second-order valence-corrected chi connectivity index (χ2v) is 6.73. The summed E-state index contributed by atoms with van der Waals surface area (Å²) in [5.41, 5.74) is 6.71. The lowest BCUT2D eigenvalue weighted by Gasteiger charge is -2.10. The first-order valence-corrected chi connectivity index (χ1v) is 8.36. The zero-order chi connectivity index (χ0) is 15.5. The molecule has 1 aliphatic carbocycles. The van der Waals surface area contributed by atoms with Gasteiger partial charge in [0.15, 0.2) is 0 Å². The van der Waals surface area contributed by atoms with Crippen LogP contribution in [0.15, 0.2) is 23.1 Å². The molecule has 116 valence electrons. The smallest absolute Gasteiger partial charge is 0.238 e. The van der Waals surface area contributed by atoms with E-state index in [0.29, 0.717) is 36.8 Å². The molecule has 0 bridgehead atoms. The number of amides is 1. The molecule has 1 aromatic rings. The van der Waals surface area contributed by atoms with E-state index in [9.17, 15) is 13.2 Å². The van der Waals surface area contributed by atoms with Crippen molar-refractivity contribution in [2.45, 2.75) is 36.6 Å². The molecule has 1 saturated carbocycles. The first-order valence-electron chi connectivity index (χ1n) is 6.82. The van der Waals surface area contributed by atoms with Crippen LogP contribution in [-0.4, -0.2) is 26.9 Å². The van der Waals surface area contributed by atoms with Crippen molar-refractivity contribution in [2.24, 2.45) is 5.14 Å². The largest absolute Gasteiger partial charge is 0.397 e. The molecule has 1 aromatic carbocycles. The van der Waals surface area contributed by atoms with E-state index < -0.39 is 10.0 Å². The fourth-order valence-electron chi connectivity index (χ4n) is 1.86. The Balaban J connectivity index is 1.83. The van der Waals surface area contributed by atoms with E-state index in [1.165, 1.54) is 18.2 Å². The minimum Gasteiger partial charge on any atom is -0.397 e. The molecule has 2 rings (SSSR count). The van der Waals surface area contributed by atoms with Crippen molar-refractivity contribution in [2.75, 3.05) is 17.6 Å². The molecule has 0 aromatic heterocycles. The molecule has 1 aliphatic rings. The first kappa shape index (κ1) is 15.6. The summed E-state index contributed by atoms with van der Waals surface area (Å²) in [5.74, 6) is 0.0468. The van der Waals surface area contributed by atoms with Gasteiger partial charge in [-0.25, -0.2) is 13.6 Å². The molecule has 0 atom stereocenters. The Labute approximate surface area is 124 Å². The number of sulfonamides is 1. The Morgan fingerprint density at radius 1 is 1.33 bits per heavy atom. The Hall–Kier alpha value is -1.80. The number of nitrogen functional groups attached to an aromatic ring is 1. The summed E-state index contributed by atoms with van der Waals surface area (Å²) in [6.45, 7) is 0.524. The van der Waals surface area contributed by atoms with Crippen LogP contribution in [-0.2, 0) is 14.8 Å².